The number of carbonyl (C=O) groups excluding carboxylic acids is 1. The van der Waals surface area contributed by atoms with Crippen molar-refractivity contribution in [3.63, 3.8) is 0 Å². The number of esters is 1. The van der Waals surface area contributed by atoms with Gasteiger partial charge in [0.2, 0.25) is 0 Å². The topological polar surface area (TPSA) is 55.8 Å². The Morgan fingerprint density at radius 1 is 1.61 bits per heavy atom. The number of methoxy groups -OCH3 is 1. The summed E-state index contributed by atoms with van der Waals surface area (Å²) in [6, 6.07) is 1.16. The van der Waals surface area contributed by atoms with Crippen molar-refractivity contribution in [2.45, 2.75) is 20.0 Å². The lowest BCUT2D eigenvalue weighted by molar-refractivity contribution is -0.153. The molecule has 0 saturated heterocycles. The molecule has 6 heteroatoms. The molecule has 1 rings (SSSR count). The Kier molecular flexibility index (Phi) is 4.93. The second kappa shape index (κ2) is 6.02. The van der Waals surface area contributed by atoms with Crippen LogP contribution >= 0.6 is 11.6 Å². The molecule has 1 aromatic carbocycles. The van der Waals surface area contributed by atoms with Crippen molar-refractivity contribution in [2.24, 2.45) is 0 Å². The molecular formula is C12H14ClFO4. The predicted molar refractivity (Wildman–Crippen MR) is 64.3 cm³/mol. The van der Waals surface area contributed by atoms with E-state index in [4.69, 9.17) is 16.3 Å². The standard InChI is InChI=1S/C12H14ClFO4/c1-4-18-12(16)10(15)7-5-8(13)9(14)6(2)11(7)17-3/h5,10,15H,4H2,1-3H3. The van der Waals surface area contributed by atoms with Gasteiger partial charge in [-0.3, -0.25) is 0 Å². The third-order valence-corrected chi connectivity index (χ3v) is 2.71. The van der Waals surface area contributed by atoms with Gasteiger partial charge in [-0.2, -0.15) is 0 Å². The Bertz CT molecular complexity index is 462. The van der Waals surface area contributed by atoms with Gasteiger partial charge in [0.1, 0.15) is 11.6 Å². The van der Waals surface area contributed by atoms with Gasteiger partial charge in [0, 0.05) is 11.1 Å². The van der Waals surface area contributed by atoms with Crippen molar-refractivity contribution in [3.05, 3.63) is 28.0 Å². The van der Waals surface area contributed by atoms with Crippen molar-refractivity contribution in [2.75, 3.05) is 13.7 Å². The molecule has 0 aliphatic carbocycles. The first-order valence-corrected chi connectivity index (χ1v) is 5.69. The normalized spacial score (nSPS) is 12.1. The van der Waals surface area contributed by atoms with Crippen molar-refractivity contribution in [1.82, 2.24) is 0 Å². The van der Waals surface area contributed by atoms with Gasteiger partial charge in [0.15, 0.2) is 6.10 Å². The molecule has 18 heavy (non-hydrogen) atoms. The molecule has 0 saturated carbocycles. The zero-order valence-electron chi connectivity index (χ0n) is 10.3. The maximum absolute atomic E-state index is 13.6. The summed E-state index contributed by atoms with van der Waals surface area (Å²) in [6.45, 7) is 3.19. The molecule has 0 aliphatic heterocycles. The largest absolute Gasteiger partial charge is 0.496 e. The molecule has 0 aromatic heterocycles. The molecule has 0 radical (unpaired) electrons. The highest BCUT2D eigenvalue weighted by molar-refractivity contribution is 6.31. The van der Waals surface area contributed by atoms with E-state index in [-0.39, 0.29) is 28.5 Å². The third kappa shape index (κ3) is 2.73. The number of halogens is 2. The first-order chi connectivity index (χ1) is 8.43. The summed E-state index contributed by atoms with van der Waals surface area (Å²) in [5.74, 6) is -1.40. The van der Waals surface area contributed by atoms with Crippen LogP contribution in [0.2, 0.25) is 5.02 Å². The van der Waals surface area contributed by atoms with Crippen LogP contribution in [0.25, 0.3) is 0 Å². The van der Waals surface area contributed by atoms with Crippen LogP contribution < -0.4 is 4.74 Å². The van der Waals surface area contributed by atoms with E-state index in [1.54, 1.807) is 6.92 Å². The molecule has 1 atom stereocenters. The molecule has 0 spiro atoms. The summed E-state index contributed by atoms with van der Waals surface area (Å²) in [5.41, 5.74) is 0.211. The molecule has 0 aliphatic rings. The Morgan fingerprint density at radius 3 is 2.72 bits per heavy atom. The number of hydrogen-bond donors (Lipinski definition) is 1. The van der Waals surface area contributed by atoms with Crippen molar-refractivity contribution in [3.8, 4) is 5.75 Å². The summed E-state index contributed by atoms with van der Waals surface area (Å²) in [5, 5.41) is 9.65. The zero-order chi connectivity index (χ0) is 13.9. The fraction of sp³-hybridized carbons (Fsp3) is 0.417. The Hall–Kier alpha value is -1.33. The van der Waals surface area contributed by atoms with Crippen LogP contribution in [-0.4, -0.2) is 24.8 Å². The number of carbonyl (C=O) groups is 1. The van der Waals surface area contributed by atoms with E-state index in [9.17, 15) is 14.3 Å². The summed E-state index contributed by atoms with van der Waals surface area (Å²) < 4.78 is 23.2. The van der Waals surface area contributed by atoms with E-state index in [1.807, 2.05) is 0 Å². The average Bonchev–Trinajstić information content (AvgIpc) is 2.35. The van der Waals surface area contributed by atoms with E-state index >= 15 is 0 Å². The Labute approximate surface area is 109 Å². The Morgan fingerprint density at radius 2 is 2.22 bits per heavy atom. The number of aliphatic hydroxyl groups excluding tert-OH is 1. The Balaban J connectivity index is 3.27. The number of rotatable bonds is 4. The zero-order valence-corrected chi connectivity index (χ0v) is 11.0. The highest BCUT2D eigenvalue weighted by Crippen LogP contribution is 2.35. The van der Waals surface area contributed by atoms with E-state index in [2.05, 4.69) is 4.74 Å². The van der Waals surface area contributed by atoms with Gasteiger partial charge in [-0.25, -0.2) is 9.18 Å². The van der Waals surface area contributed by atoms with Gasteiger partial charge < -0.3 is 14.6 Å². The second-order valence-electron chi connectivity index (χ2n) is 3.57. The van der Waals surface area contributed by atoms with Gasteiger partial charge in [-0.05, 0) is 19.9 Å². The van der Waals surface area contributed by atoms with Gasteiger partial charge >= 0.3 is 5.97 Å². The van der Waals surface area contributed by atoms with E-state index in [0.717, 1.165) is 6.07 Å². The minimum absolute atomic E-state index is 0.0810. The number of hydrogen-bond acceptors (Lipinski definition) is 4. The monoisotopic (exact) mass is 276 g/mol. The average molecular weight is 277 g/mol. The summed E-state index contributed by atoms with van der Waals surface area (Å²) in [7, 11) is 1.32. The van der Waals surface area contributed by atoms with Crippen LogP contribution in [0.4, 0.5) is 4.39 Å². The number of aliphatic hydroxyl groups is 1. The van der Waals surface area contributed by atoms with Gasteiger partial charge in [0.25, 0.3) is 0 Å². The van der Waals surface area contributed by atoms with Crippen molar-refractivity contribution >= 4 is 17.6 Å². The lowest BCUT2D eigenvalue weighted by Gasteiger charge is -2.16. The SMILES string of the molecule is CCOC(=O)C(O)c1cc(Cl)c(F)c(C)c1OC. The molecular weight excluding hydrogens is 263 g/mol. The minimum atomic E-state index is -1.56. The van der Waals surface area contributed by atoms with Crippen LogP contribution in [0.3, 0.4) is 0 Å². The fourth-order valence-electron chi connectivity index (χ4n) is 1.58. The maximum Gasteiger partial charge on any atom is 0.339 e. The second-order valence-corrected chi connectivity index (χ2v) is 3.98. The van der Waals surface area contributed by atoms with Crippen LogP contribution in [0, 0.1) is 12.7 Å². The minimum Gasteiger partial charge on any atom is -0.496 e. The summed E-state index contributed by atoms with van der Waals surface area (Å²) in [4.78, 5) is 11.5. The van der Waals surface area contributed by atoms with Crippen molar-refractivity contribution < 1.29 is 23.8 Å². The molecule has 0 heterocycles. The van der Waals surface area contributed by atoms with E-state index < -0.39 is 17.9 Å². The van der Waals surface area contributed by atoms with Crippen LogP contribution in [0.15, 0.2) is 6.07 Å². The van der Waals surface area contributed by atoms with E-state index in [0.29, 0.717) is 0 Å². The first-order valence-electron chi connectivity index (χ1n) is 5.31. The molecule has 1 aromatic rings. The highest BCUT2D eigenvalue weighted by atomic mass is 35.5. The predicted octanol–water partition coefficient (Wildman–Crippen LogP) is 2.39. The maximum atomic E-state index is 13.6. The molecule has 100 valence electrons. The molecule has 1 N–H and O–H groups in total. The van der Waals surface area contributed by atoms with Gasteiger partial charge in [0.05, 0.1) is 18.7 Å². The van der Waals surface area contributed by atoms with Gasteiger partial charge in [-0.1, -0.05) is 11.6 Å². The quantitative estimate of drug-likeness (QED) is 0.858. The van der Waals surface area contributed by atoms with Crippen molar-refractivity contribution in [1.29, 1.82) is 0 Å². The molecule has 4 nitrogen and oxygen atoms in total. The lowest BCUT2D eigenvalue weighted by atomic mass is 10.0. The highest BCUT2D eigenvalue weighted by Gasteiger charge is 2.26. The fourth-order valence-corrected chi connectivity index (χ4v) is 1.84. The smallest absolute Gasteiger partial charge is 0.339 e. The summed E-state index contributed by atoms with van der Waals surface area (Å²) >= 11 is 5.68. The lowest BCUT2D eigenvalue weighted by Crippen LogP contribution is -2.17. The molecule has 1 unspecified atom stereocenters. The summed E-state index contributed by atoms with van der Waals surface area (Å²) in [6.07, 6.45) is -1.56. The first kappa shape index (κ1) is 14.7. The molecule has 0 bridgehead atoms. The van der Waals surface area contributed by atoms with Crippen LogP contribution in [-0.2, 0) is 9.53 Å². The van der Waals surface area contributed by atoms with Crippen LogP contribution in [0.1, 0.15) is 24.2 Å². The van der Waals surface area contributed by atoms with Gasteiger partial charge in [-0.15, -0.1) is 0 Å². The third-order valence-electron chi connectivity index (χ3n) is 2.43. The number of ether oxygens (including phenoxy) is 2. The van der Waals surface area contributed by atoms with E-state index in [1.165, 1.54) is 14.0 Å². The molecule has 0 amide bonds. The number of benzene rings is 1. The van der Waals surface area contributed by atoms with Crippen LogP contribution in [0.5, 0.6) is 5.75 Å². The molecule has 0 fully saturated rings.